The van der Waals surface area contributed by atoms with Gasteiger partial charge < -0.3 is 4.74 Å². The van der Waals surface area contributed by atoms with Gasteiger partial charge in [0.15, 0.2) is 0 Å². The van der Waals surface area contributed by atoms with Gasteiger partial charge in [-0.3, -0.25) is 0 Å². The maximum Gasteiger partial charge on any atom is 0.240 e. The summed E-state index contributed by atoms with van der Waals surface area (Å²) in [6.45, 7) is 3.69. The standard InChI is InChI=1S/C23H25NO5S2/c1-17-4-11-21(12-5-17)30(25,26)22-13-6-18(2)23(16-22)31(27,28)24-15-14-19-7-9-20(29-3)10-8-19/h4-13,16,24H,14-15H2,1-3H3. The molecule has 164 valence electrons. The van der Waals surface area contributed by atoms with E-state index < -0.39 is 19.9 Å². The topological polar surface area (TPSA) is 89.5 Å². The quantitative estimate of drug-likeness (QED) is 0.555. The van der Waals surface area contributed by atoms with Crippen LogP contribution < -0.4 is 9.46 Å². The number of hydrogen-bond donors (Lipinski definition) is 1. The fraction of sp³-hybridized carbons (Fsp3) is 0.217. The van der Waals surface area contributed by atoms with Gasteiger partial charge in [-0.25, -0.2) is 21.6 Å². The summed E-state index contributed by atoms with van der Waals surface area (Å²) in [6.07, 6.45) is 0.490. The lowest BCUT2D eigenvalue weighted by molar-refractivity contribution is 0.414. The highest BCUT2D eigenvalue weighted by Crippen LogP contribution is 2.25. The smallest absolute Gasteiger partial charge is 0.240 e. The molecule has 0 aliphatic heterocycles. The van der Waals surface area contributed by atoms with E-state index in [1.54, 1.807) is 26.2 Å². The van der Waals surface area contributed by atoms with Crippen LogP contribution in [-0.4, -0.2) is 30.5 Å². The van der Waals surface area contributed by atoms with Gasteiger partial charge in [0.2, 0.25) is 19.9 Å². The van der Waals surface area contributed by atoms with Crippen molar-refractivity contribution in [1.82, 2.24) is 4.72 Å². The Morgan fingerprint density at radius 3 is 2.03 bits per heavy atom. The minimum Gasteiger partial charge on any atom is -0.497 e. The van der Waals surface area contributed by atoms with E-state index in [2.05, 4.69) is 4.72 Å². The molecule has 0 spiro atoms. The third-order valence-electron chi connectivity index (χ3n) is 4.96. The number of hydrogen-bond acceptors (Lipinski definition) is 5. The molecule has 8 heteroatoms. The zero-order valence-corrected chi connectivity index (χ0v) is 19.3. The molecule has 0 radical (unpaired) electrons. The van der Waals surface area contributed by atoms with Crippen molar-refractivity contribution in [3.63, 3.8) is 0 Å². The van der Waals surface area contributed by atoms with E-state index in [1.165, 1.54) is 30.3 Å². The molecule has 3 aromatic carbocycles. The molecule has 0 saturated heterocycles. The molecular formula is C23H25NO5S2. The van der Waals surface area contributed by atoms with E-state index in [9.17, 15) is 16.8 Å². The zero-order chi connectivity index (χ0) is 22.6. The van der Waals surface area contributed by atoms with Gasteiger partial charge in [0, 0.05) is 6.54 Å². The van der Waals surface area contributed by atoms with Crippen LogP contribution >= 0.6 is 0 Å². The van der Waals surface area contributed by atoms with Gasteiger partial charge >= 0.3 is 0 Å². The lowest BCUT2D eigenvalue weighted by Gasteiger charge is -2.12. The largest absolute Gasteiger partial charge is 0.497 e. The number of rotatable bonds is 8. The van der Waals surface area contributed by atoms with Crippen LogP contribution in [0.1, 0.15) is 16.7 Å². The molecule has 6 nitrogen and oxygen atoms in total. The summed E-state index contributed by atoms with van der Waals surface area (Å²) in [5, 5.41) is 0. The summed E-state index contributed by atoms with van der Waals surface area (Å²) < 4.78 is 59.4. The first-order valence-corrected chi connectivity index (χ1v) is 12.6. The molecule has 31 heavy (non-hydrogen) atoms. The molecule has 0 amide bonds. The van der Waals surface area contributed by atoms with Crippen LogP contribution in [0.5, 0.6) is 5.75 Å². The predicted molar refractivity (Wildman–Crippen MR) is 120 cm³/mol. The molecule has 0 aliphatic carbocycles. The van der Waals surface area contributed by atoms with E-state index in [0.29, 0.717) is 12.0 Å². The second kappa shape index (κ2) is 9.21. The Bertz CT molecular complexity index is 1260. The number of methoxy groups -OCH3 is 1. The number of benzene rings is 3. The first-order valence-electron chi connectivity index (χ1n) is 9.68. The van der Waals surface area contributed by atoms with E-state index >= 15 is 0 Å². The summed E-state index contributed by atoms with van der Waals surface area (Å²) in [4.78, 5) is 0.0191. The first-order chi connectivity index (χ1) is 14.6. The third-order valence-corrected chi connectivity index (χ3v) is 8.33. The summed E-state index contributed by atoms with van der Waals surface area (Å²) in [7, 11) is -6.13. The predicted octanol–water partition coefficient (Wildman–Crippen LogP) is 3.67. The van der Waals surface area contributed by atoms with Crippen molar-refractivity contribution >= 4 is 19.9 Å². The van der Waals surface area contributed by atoms with Gasteiger partial charge in [-0.2, -0.15) is 0 Å². The zero-order valence-electron chi connectivity index (χ0n) is 17.6. The lowest BCUT2D eigenvalue weighted by Crippen LogP contribution is -2.27. The maximum atomic E-state index is 13.0. The van der Waals surface area contributed by atoms with Crippen LogP contribution in [0, 0.1) is 13.8 Å². The van der Waals surface area contributed by atoms with E-state index in [0.717, 1.165) is 16.9 Å². The molecule has 3 rings (SSSR count). The second-order valence-corrected chi connectivity index (χ2v) is 10.9. The molecule has 0 fully saturated rings. The van der Waals surface area contributed by atoms with Crippen LogP contribution in [0.25, 0.3) is 0 Å². The van der Waals surface area contributed by atoms with E-state index in [-0.39, 0.29) is 21.2 Å². The van der Waals surface area contributed by atoms with Crippen molar-refractivity contribution in [3.05, 3.63) is 83.4 Å². The van der Waals surface area contributed by atoms with Gasteiger partial charge in [-0.05, 0) is 67.8 Å². The average molecular weight is 460 g/mol. The van der Waals surface area contributed by atoms with E-state index in [4.69, 9.17) is 4.74 Å². The summed E-state index contributed by atoms with van der Waals surface area (Å²) >= 11 is 0. The Balaban J connectivity index is 1.81. The number of sulfone groups is 1. The monoisotopic (exact) mass is 459 g/mol. The Morgan fingerprint density at radius 2 is 1.42 bits per heavy atom. The van der Waals surface area contributed by atoms with Crippen molar-refractivity contribution in [2.75, 3.05) is 13.7 Å². The number of nitrogens with one attached hydrogen (secondary N) is 1. The van der Waals surface area contributed by atoms with Gasteiger partial charge in [-0.15, -0.1) is 0 Å². The molecule has 1 N–H and O–H groups in total. The highest BCUT2D eigenvalue weighted by molar-refractivity contribution is 7.91. The highest BCUT2D eigenvalue weighted by Gasteiger charge is 2.23. The molecule has 0 atom stereocenters. The maximum absolute atomic E-state index is 13.0. The second-order valence-electron chi connectivity index (χ2n) is 7.24. The van der Waals surface area contributed by atoms with Crippen LogP contribution in [-0.2, 0) is 26.3 Å². The highest BCUT2D eigenvalue weighted by atomic mass is 32.2. The van der Waals surface area contributed by atoms with Crippen molar-refractivity contribution in [1.29, 1.82) is 0 Å². The fourth-order valence-electron chi connectivity index (χ4n) is 3.09. The minimum atomic E-state index is -3.88. The Kier molecular flexibility index (Phi) is 6.83. The Hall–Kier alpha value is -2.68. The molecule has 0 unspecified atom stereocenters. The van der Waals surface area contributed by atoms with Crippen molar-refractivity contribution in [3.8, 4) is 5.75 Å². The first kappa shape index (κ1) is 23.0. The molecule has 0 heterocycles. The molecule has 3 aromatic rings. The summed E-state index contributed by atoms with van der Waals surface area (Å²) in [5.41, 5.74) is 2.36. The normalized spacial score (nSPS) is 12.0. The molecule has 0 bridgehead atoms. The Labute approximate surface area is 183 Å². The average Bonchev–Trinajstić information content (AvgIpc) is 2.74. The number of ether oxygens (including phenoxy) is 1. The van der Waals surface area contributed by atoms with Gasteiger partial charge in [0.05, 0.1) is 21.8 Å². The fourth-order valence-corrected chi connectivity index (χ4v) is 5.75. The molecule has 0 saturated carbocycles. The third kappa shape index (κ3) is 5.33. The molecule has 0 aromatic heterocycles. The number of aryl methyl sites for hydroxylation is 2. The van der Waals surface area contributed by atoms with E-state index in [1.807, 2.05) is 31.2 Å². The van der Waals surface area contributed by atoms with Crippen LogP contribution in [0.4, 0.5) is 0 Å². The lowest BCUT2D eigenvalue weighted by atomic mass is 10.1. The van der Waals surface area contributed by atoms with Crippen molar-refractivity contribution in [2.45, 2.75) is 35.0 Å². The SMILES string of the molecule is COc1ccc(CCNS(=O)(=O)c2cc(S(=O)(=O)c3ccc(C)cc3)ccc2C)cc1. The summed E-state index contributed by atoms with van der Waals surface area (Å²) in [6, 6.07) is 18.0. The molecule has 0 aliphatic rings. The number of sulfonamides is 1. The Morgan fingerprint density at radius 1 is 0.806 bits per heavy atom. The minimum absolute atomic E-state index is 0.0459. The van der Waals surface area contributed by atoms with Crippen LogP contribution in [0.3, 0.4) is 0 Å². The van der Waals surface area contributed by atoms with Gasteiger partial charge in [-0.1, -0.05) is 35.9 Å². The van der Waals surface area contributed by atoms with Gasteiger partial charge in [0.25, 0.3) is 0 Å². The van der Waals surface area contributed by atoms with Crippen molar-refractivity contribution in [2.24, 2.45) is 0 Å². The molecular weight excluding hydrogens is 434 g/mol. The van der Waals surface area contributed by atoms with Crippen LogP contribution in [0.15, 0.2) is 81.4 Å². The van der Waals surface area contributed by atoms with Gasteiger partial charge in [0.1, 0.15) is 5.75 Å². The summed E-state index contributed by atoms with van der Waals surface area (Å²) in [5.74, 6) is 0.728. The van der Waals surface area contributed by atoms with Crippen molar-refractivity contribution < 1.29 is 21.6 Å². The van der Waals surface area contributed by atoms with Crippen LogP contribution in [0.2, 0.25) is 0 Å².